The highest BCUT2D eigenvalue weighted by Crippen LogP contribution is 2.16. The van der Waals surface area contributed by atoms with Gasteiger partial charge in [-0.15, -0.1) is 0 Å². The van der Waals surface area contributed by atoms with Crippen LogP contribution in [-0.4, -0.2) is 37.2 Å². The van der Waals surface area contributed by atoms with Gasteiger partial charge in [0.05, 0.1) is 0 Å². The SMILES string of the molecule is CCCCCC/C=C\CCCCCCCCCC(=O)OC(COC(=O)CCC/C=C\CCCCCC)COC(=O)CCCCCCCCCCCCCCCCCC. The predicted octanol–water partition coefficient (Wildman–Crippen LogP) is 16.4. The second-order valence-corrected chi connectivity index (χ2v) is 17.1. The van der Waals surface area contributed by atoms with Gasteiger partial charge >= 0.3 is 17.9 Å². The van der Waals surface area contributed by atoms with Crippen molar-refractivity contribution in [2.45, 2.75) is 277 Å². The van der Waals surface area contributed by atoms with Gasteiger partial charge < -0.3 is 14.2 Å². The number of esters is 3. The molecule has 0 N–H and O–H groups in total. The van der Waals surface area contributed by atoms with Crippen LogP contribution in [0, 0.1) is 0 Å². The zero-order valence-electron chi connectivity index (χ0n) is 38.8. The van der Waals surface area contributed by atoms with Crippen molar-refractivity contribution in [2.24, 2.45) is 0 Å². The minimum absolute atomic E-state index is 0.0779. The molecule has 6 nitrogen and oxygen atoms in total. The molecule has 0 fully saturated rings. The van der Waals surface area contributed by atoms with Crippen molar-refractivity contribution >= 4 is 17.9 Å². The second-order valence-electron chi connectivity index (χ2n) is 17.1. The smallest absolute Gasteiger partial charge is 0.306 e. The van der Waals surface area contributed by atoms with Crippen LogP contribution in [0.3, 0.4) is 0 Å². The molecule has 6 heteroatoms. The molecule has 340 valence electrons. The summed E-state index contributed by atoms with van der Waals surface area (Å²) in [5, 5.41) is 0. The Morgan fingerprint density at radius 2 is 0.586 bits per heavy atom. The van der Waals surface area contributed by atoms with Crippen molar-refractivity contribution in [1.29, 1.82) is 0 Å². The van der Waals surface area contributed by atoms with Gasteiger partial charge in [0.15, 0.2) is 6.10 Å². The Morgan fingerprint density at radius 3 is 0.948 bits per heavy atom. The van der Waals surface area contributed by atoms with Crippen LogP contribution in [0.4, 0.5) is 0 Å². The highest BCUT2D eigenvalue weighted by atomic mass is 16.6. The average Bonchev–Trinajstić information content (AvgIpc) is 3.22. The Balaban J connectivity index is 4.31. The summed E-state index contributed by atoms with van der Waals surface area (Å²) in [6.07, 6.45) is 53.1. The molecule has 0 aliphatic rings. The van der Waals surface area contributed by atoms with E-state index in [9.17, 15) is 14.4 Å². The zero-order valence-corrected chi connectivity index (χ0v) is 38.8. The molecule has 0 heterocycles. The summed E-state index contributed by atoms with van der Waals surface area (Å²) < 4.78 is 16.7. The summed E-state index contributed by atoms with van der Waals surface area (Å²) in [5.41, 5.74) is 0. The molecule has 0 saturated heterocycles. The molecule has 58 heavy (non-hydrogen) atoms. The first-order valence-corrected chi connectivity index (χ1v) is 25.3. The van der Waals surface area contributed by atoms with E-state index in [-0.39, 0.29) is 31.1 Å². The highest BCUT2D eigenvalue weighted by Gasteiger charge is 2.19. The summed E-state index contributed by atoms with van der Waals surface area (Å²) in [6, 6.07) is 0. The van der Waals surface area contributed by atoms with Gasteiger partial charge in [0.2, 0.25) is 0 Å². The molecule has 0 rings (SSSR count). The molecule has 1 unspecified atom stereocenters. The van der Waals surface area contributed by atoms with Crippen LogP contribution < -0.4 is 0 Å². The van der Waals surface area contributed by atoms with Gasteiger partial charge in [-0.2, -0.15) is 0 Å². The Kier molecular flexibility index (Phi) is 45.8. The van der Waals surface area contributed by atoms with E-state index in [1.54, 1.807) is 0 Å². The van der Waals surface area contributed by atoms with Crippen LogP contribution in [0.2, 0.25) is 0 Å². The molecule has 0 amide bonds. The van der Waals surface area contributed by atoms with Gasteiger partial charge in [0.25, 0.3) is 0 Å². The number of hydrogen-bond acceptors (Lipinski definition) is 6. The van der Waals surface area contributed by atoms with Gasteiger partial charge in [-0.1, -0.05) is 212 Å². The standard InChI is InChI=1S/C52H96O6/c1-4-7-10-13-16-19-21-23-25-27-28-30-33-36-39-42-45-51(54)57-48-49(47-56-50(53)44-41-38-35-32-18-15-12-9-6-3)58-52(55)46-43-40-37-34-31-29-26-24-22-20-17-14-11-8-5-2/h20,22,32,35,49H,4-19,21,23-31,33-34,36-48H2,1-3H3/b22-20-,35-32-. The Bertz CT molecular complexity index is 942. The molecule has 0 aliphatic heterocycles. The highest BCUT2D eigenvalue weighted by molar-refractivity contribution is 5.71. The van der Waals surface area contributed by atoms with Gasteiger partial charge in [0, 0.05) is 19.3 Å². The lowest BCUT2D eigenvalue weighted by Gasteiger charge is -2.18. The fourth-order valence-electron chi connectivity index (χ4n) is 7.32. The van der Waals surface area contributed by atoms with Crippen molar-refractivity contribution in [2.75, 3.05) is 13.2 Å². The fourth-order valence-corrected chi connectivity index (χ4v) is 7.32. The topological polar surface area (TPSA) is 78.9 Å². The number of hydrogen-bond donors (Lipinski definition) is 0. The number of carbonyl (C=O) groups is 3. The largest absolute Gasteiger partial charge is 0.462 e. The van der Waals surface area contributed by atoms with Crippen LogP contribution in [0.5, 0.6) is 0 Å². The quantitative estimate of drug-likeness (QED) is 0.0263. The Morgan fingerprint density at radius 1 is 0.328 bits per heavy atom. The molecular formula is C52H96O6. The van der Waals surface area contributed by atoms with Gasteiger partial charge in [0.1, 0.15) is 13.2 Å². The number of ether oxygens (including phenoxy) is 3. The Labute approximate surface area is 360 Å². The number of allylic oxidation sites excluding steroid dienone is 4. The van der Waals surface area contributed by atoms with Crippen molar-refractivity contribution in [3.8, 4) is 0 Å². The summed E-state index contributed by atoms with van der Waals surface area (Å²) in [7, 11) is 0. The molecule has 0 radical (unpaired) electrons. The number of rotatable bonds is 46. The predicted molar refractivity (Wildman–Crippen MR) is 247 cm³/mol. The Hall–Kier alpha value is -2.11. The van der Waals surface area contributed by atoms with Gasteiger partial charge in [-0.05, 0) is 64.2 Å². The maximum atomic E-state index is 12.8. The van der Waals surface area contributed by atoms with Crippen LogP contribution in [0.15, 0.2) is 24.3 Å². The van der Waals surface area contributed by atoms with E-state index in [1.807, 2.05) is 0 Å². The van der Waals surface area contributed by atoms with Crippen LogP contribution in [-0.2, 0) is 28.6 Å². The second kappa shape index (κ2) is 47.6. The normalized spacial score (nSPS) is 12.1. The third-order valence-electron chi connectivity index (χ3n) is 11.2. The van der Waals surface area contributed by atoms with Crippen LogP contribution in [0.25, 0.3) is 0 Å². The molecular weight excluding hydrogens is 721 g/mol. The van der Waals surface area contributed by atoms with E-state index in [1.165, 1.54) is 173 Å². The van der Waals surface area contributed by atoms with E-state index in [2.05, 4.69) is 45.1 Å². The zero-order chi connectivity index (χ0) is 42.3. The lowest BCUT2D eigenvalue weighted by molar-refractivity contribution is -0.167. The third-order valence-corrected chi connectivity index (χ3v) is 11.2. The molecule has 0 saturated carbocycles. The maximum absolute atomic E-state index is 12.8. The minimum Gasteiger partial charge on any atom is -0.462 e. The van der Waals surface area contributed by atoms with Crippen molar-refractivity contribution in [1.82, 2.24) is 0 Å². The fraction of sp³-hybridized carbons (Fsp3) is 0.865. The summed E-state index contributed by atoms with van der Waals surface area (Å²) >= 11 is 0. The summed E-state index contributed by atoms with van der Waals surface area (Å²) in [4.78, 5) is 37.8. The van der Waals surface area contributed by atoms with Gasteiger partial charge in [-0.25, -0.2) is 0 Å². The van der Waals surface area contributed by atoms with E-state index >= 15 is 0 Å². The number of carbonyl (C=O) groups excluding carboxylic acids is 3. The molecule has 0 aromatic rings. The van der Waals surface area contributed by atoms with Gasteiger partial charge in [-0.3, -0.25) is 14.4 Å². The van der Waals surface area contributed by atoms with Crippen LogP contribution in [0.1, 0.15) is 271 Å². The first kappa shape index (κ1) is 55.9. The van der Waals surface area contributed by atoms with Crippen LogP contribution >= 0.6 is 0 Å². The monoisotopic (exact) mass is 817 g/mol. The molecule has 0 aliphatic carbocycles. The maximum Gasteiger partial charge on any atom is 0.306 e. The van der Waals surface area contributed by atoms with Crippen molar-refractivity contribution < 1.29 is 28.6 Å². The summed E-state index contributed by atoms with van der Waals surface area (Å²) in [5.74, 6) is -0.909. The van der Waals surface area contributed by atoms with E-state index < -0.39 is 6.10 Å². The van der Waals surface area contributed by atoms with E-state index in [0.29, 0.717) is 19.3 Å². The summed E-state index contributed by atoms with van der Waals surface area (Å²) in [6.45, 7) is 6.59. The third kappa shape index (κ3) is 45.0. The first-order valence-electron chi connectivity index (χ1n) is 25.3. The lowest BCUT2D eigenvalue weighted by Crippen LogP contribution is -2.30. The molecule has 1 atom stereocenters. The van der Waals surface area contributed by atoms with Crippen molar-refractivity contribution in [3.05, 3.63) is 24.3 Å². The van der Waals surface area contributed by atoms with E-state index in [0.717, 1.165) is 57.8 Å². The number of unbranched alkanes of at least 4 members (excludes halogenated alkanes) is 31. The minimum atomic E-state index is -0.778. The molecule has 0 aromatic carbocycles. The molecule has 0 bridgehead atoms. The van der Waals surface area contributed by atoms with E-state index in [4.69, 9.17) is 14.2 Å². The first-order chi connectivity index (χ1) is 28.5. The average molecular weight is 817 g/mol. The lowest BCUT2D eigenvalue weighted by atomic mass is 10.0. The molecule has 0 spiro atoms. The van der Waals surface area contributed by atoms with Crippen molar-refractivity contribution in [3.63, 3.8) is 0 Å². The molecule has 0 aromatic heterocycles.